The van der Waals surface area contributed by atoms with Crippen LogP contribution < -0.4 is 10.5 Å². The van der Waals surface area contributed by atoms with Gasteiger partial charge in [-0.1, -0.05) is 48.0 Å². The van der Waals surface area contributed by atoms with Crippen molar-refractivity contribution in [3.05, 3.63) is 52.5 Å². The molecule has 0 aliphatic rings. The highest BCUT2D eigenvalue weighted by atomic mass is 79.9. The average Bonchev–Trinajstić information content (AvgIpc) is 2.37. The number of benzene rings is 2. The lowest BCUT2D eigenvalue weighted by Gasteiger charge is -2.15. The molecule has 0 saturated heterocycles. The summed E-state index contributed by atoms with van der Waals surface area (Å²) in [6.45, 7) is 4.03. The minimum absolute atomic E-state index is 0.0734. The van der Waals surface area contributed by atoms with Crippen molar-refractivity contribution in [2.45, 2.75) is 24.7 Å². The number of halogens is 1. The van der Waals surface area contributed by atoms with Crippen LogP contribution in [0.5, 0.6) is 0 Å². The summed E-state index contributed by atoms with van der Waals surface area (Å²) < 4.78 is 28.4. The maximum absolute atomic E-state index is 12.5. The van der Waals surface area contributed by atoms with E-state index in [1.807, 2.05) is 26.0 Å². The van der Waals surface area contributed by atoms with Gasteiger partial charge < -0.3 is 5.73 Å². The maximum Gasteiger partial charge on any atom is 0.263 e. The number of hydrogen-bond donors (Lipinski definition) is 2. The molecule has 0 radical (unpaired) electrons. The molecule has 0 saturated carbocycles. The normalized spacial score (nSPS) is 11.6. The highest BCUT2D eigenvalue weighted by Gasteiger charge is 2.19. The van der Waals surface area contributed by atoms with Crippen molar-refractivity contribution in [3.8, 4) is 0 Å². The van der Waals surface area contributed by atoms with E-state index in [1.165, 1.54) is 6.07 Å². The molecule has 0 atom stereocenters. The van der Waals surface area contributed by atoms with E-state index in [0.717, 1.165) is 10.0 Å². The first-order valence-corrected chi connectivity index (χ1v) is 8.75. The lowest BCUT2D eigenvalue weighted by molar-refractivity contribution is 0.601. The predicted molar refractivity (Wildman–Crippen MR) is 89.9 cm³/mol. The van der Waals surface area contributed by atoms with Gasteiger partial charge in [0.05, 0.1) is 11.4 Å². The maximum atomic E-state index is 12.5. The fourth-order valence-corrected chi connectivity index (χ4v) is 3.64. The Kier molecular flexibility index (Phi) is 4.58. The van der Waals surface area contributed by atoms with Crippen LogP contribution in [0, 0.1) is 0 Å². The summed E-state index contributed by atoms with van der Waals surface area (Å²) in [5.41, 5.74) is 7.54. The van der Waals surface area contributed by atoms with E-state index in [9.17, 15) is 8.42 Å². The Morgan fingerprint density at radius 2 is 1.81 bits per heavy atom. The second kappa shape index (κ2) is 6.07. The molecular formula is C15H17BrN2O2S. The molecule has 0 aromatic heterocycles. The molecule has 0 heterocycles. The number of nitrogens with two attached hydrogens (primary N) is 1. The predicted octanol–water partition coefficient (Wildman–Crippen LogP) is 3.96. The SMILES string of the molecule is CC(C)c1ccccc1NS(=O)(=O)c1ccc(Br)cc1N. The van der Waals surface area contributed by atoms with Crippen LogP contribution >= 0.6 is 15.9 Å². The molecular weight excluding hydrogens is 352 g/mol. The topological polar surface area (TPSA) is 72.2 Å². The standard InChI is InChI=1S/C15H17BrN2O2S/c1-10(2)12-5-3-4-6-14(12)18-21(19,20)15-8-7-11(16)9-13(15)17/h3-10,18H,17H2,1-2H3. The van der Waals surface area contributed by atoms with Crippen LogP contribution in [-0.4, -0.2) is 8.42 Å². The fraction of sp³-hybridized carbons (Fsp3) is 0.200. The smallest absolute Gasteiger partial charge is 0.263 e. The van der Waals surface area contributed by atoms with Crippen molar-refractivity contribution in [3.63, 3.8) is 0 Å². The summed E-state index contributed by atoms with van der Waals surface area (Å²) in [5, 5.41) is 0. The zero-order chi connectivity index (χ0) is 15.6. The van der Waals surface area contributed by atoms with Crippen molar-refractivity contribution < 1.29 is 8.42 Å². The van der Waals surface area contributed by atoms with E-state index in [1.54, 1.807) is 24.3 Å². The quantitative estimate of drug-likeness (QED) is 0.802. The van der Waals surface area contributed by atoms with Gasteiger partial charge in [0.2, 0.25) is 0 Å². The number of nitrogens with one attached hydrogen (secondary N) is 1. The molecule has 0 spiro atoms. The minimum Gasteiger partial charge on any atom is -0.398 e. The highest BCUT2D eigenvalue weighted by Crippen LogP contribution is 2.28. The Labute approximate surface area is 133 Å². The fourth-order valence-electron chi connectivity index (χ4n) is 2.06. The number of sulfonamides is 1. The average molecular weight is 369 g/mol. The van der Waals surface area contributed by atoms with Crippen molar-refractivity contribution in [1.29, 1.82) is 0 Å². The molecule has 0 aliphatic carbocycles. The summed E-state index contributed by atoms with van der Waals surface area (Å²) in [6, 6.07) is 12.1. The van der Waals surface area contributed by atoms with Crippen LogP contribution in [0.4, 0.5) is 11.4 Å². The summed E-state index contributed by atoms with van der Waals surface area (Å²) >= 11 is 3.27. The Hall–Kier alpha value is -1.53. The van der Waals surface area contributed by atoms with Gasteiger partial charge in [-0.2, -0.15) is 0 Å². The van der Waals surface area contributed by atoms with Crippen LogP contribution in [0.2, 0.25) is 0 Å². The summed E-state index contributed by atoms with van der Waals surface area (Å²) in [5.74, 6) is 0.214. The van der Waals surface area contributed by atoms with Crippen molar-refractivity contribution >= 4 is 37.3 Å². The Balaban J connectivity index is 2.43. The number of rotatable bonds is 4. The van der Waals surface area contributed by atoms with E-state index < -0.39 is 10.0 Å². The number of para-hydroxylation sites is 1. The molecule has 0 bridgehead atoms. The van der Waals surface area contributed by atoms with Gasteiger partial charge >= 0.3 is 0 Å². The van der Waals surface area contributed by atoms with Crippen LogP contribution in [0.1, 0.15) is 25.3 Å². The molecule has 0 unspecified atom stereocenters. The molecule has 21 heavy (non-hydrogen) atoms. The number of hydrogen-bond acceptors (Lipinski definition) is 3. The van der Waals surface area contributed by atoms with Gasteiger partial charge in [-0.15, -0.1) is 0 Å². The van der Waals surface area contributed by atoms with Gasteiger partial charge in [-0.25, -0.2) is 8.42 Å². The Bertz CT molecular complexity index is 758. The molecule has 2 rings (SSSR count). The molecule has 112 valence electrons. The van der Waals surface area contributed by atoms with Crippen molar-refractivity contribution in [2.24, 2.45) is 0 Å². The van der Waals surface area contributed by atoms with E-state index >= 15 is 0 Å². The van der Waals surface area contributed by atoms with Gasteiger partial charge in [-0.05, 0) is 35.7 Å². The van der Waals surface area contributed by atoms with Gasteiger partial charge in [-0.3, -0.25) is 4.72 Å². The highest BCUT2D eigenvalue weighted by molar-refractivity contribution is 9.10. The second-order valence-corrected chi connectivity index (χ2v) is 7.60. The van der Waals surface area contributed by atoms with Crippen molar-refractivity contribution in [1.82, 2.24) is 0 Å². The first kappa shape index (κ1) is 15.9. The summed E-state index contributed by atoms with van der Waals surface area (Å²) in [4.78, 5) is 0.0734. The van der Waals surface area contributed by atoms with E-state index in [0.29, 0.717) is 5.69 Å². The molecule has 0 fully saturated rings. The molecule has 2 aromatic rings. The zero-order valence-corrected chi connectivity index (χ0v) is 14.2. The van der Waals surface area contributed by atoms with Crippen LogP contribution in [0.3, 0.4) is 0 Å². The van der Waals surface area contributed by atoms with Crippen LogP contribution in [-0.2, 0) is 10.0 Å². The lowest BCUT2D eigenvalue weighted by Crippen LogP contribution is -2.16. The van der Waals surface area contributed by atoms with E-state index in [-0.39, 0.29) is 16.5 Å². The number of nitrogen functional groups attached to an aromatic ring is 1. The second-order valence-electron chi connectivity index (χ2n) is 5.03. The molecule has 6 heteroatoms. The van der Waals surface area contributed by atoms with Crippen LogP contribution in [0.25, 0.3) is 0 Å². The van der Waals surface area contributed by atoms with E-state index in [4.69, 9.17) is 5.73 Å². The molecule has 0 aliphatic heterocycles. The molecule has 4 nitrogen and oxygen atoms in total. The van der Waals surface area contributed by atoms with Gasteiger partial charge in [0.25, 0.3) is 10.0 Å². The third-order valence-corrected chi connectivity index (χ3v) is 5.02. The first-order valence-electron chi connectivity index (χ1n) is 6.48. The first-order chi connectivity index (χ1) is 9.81. The third kappa shape index (κ3) is 3.57. The minimum atomic E-state index is -3.71. The van der Waals surface area contributed by atoms with E-state index in [2.05, 4.69) is 20.7 Å². The third-order valence-electron chi connectivity index (χ3n) is 3.09. The number of anilines is 2. The monoisotopic (exact) mass is 368 g/mol. The zero-order valence-electron chi connectivity index (χ0n) is 11.8. The molecule has 3 N–H and O–H groups in total. The van der Waals surface area contributed by atoms with Gasteiger partial charge in [0, 0.05) is 4.47 Å². The van der Waals surface area contributed by atoms with Crippen LogP contribution in [0.15, 0.2) is 51.8 Å². The largest absolute Gasteiger partial charge is 0.398 e. The lowest BCUT2D eigenvalue weighted by atomic mass is 10.0. The summed E-state index contributed by atoms with van der Waals surface area (Å²) in [6.07, 6.45) is 0. The Morgan fingerprint density at radius 3 is 2.43 bits per heavy atom. The van der Waals surface area contributed by atoms with Crippen molar-refractivity contribution in [2.75, 3.05) is 10.5 Å². The molecule has 2 aromatic carbocycles. The van der Waals surface area contributed by atoms with Gasteiger partial charge in [0.1, 0.15) is 4.90 Å². The molecule has 0 amide bonds. The van der Waals surface area contributed by atoms with Gasteiger partial charge in [0.15, 0.2) is 0 Å². The Morgan fingerprint density at radius 1 is 1.14 bits per heavy atom. The summed E-state index contributed by atoms with van der Waals surface area (Å²) in [7, 11) is -3.71.